The third kappa shape index (κ3) is 3.35. The quantitative estimate of drug-likeness (QED) is 0.928. The van der Waals surface area contributed by atoms with Gasteiger partial charge in [0.15, 0.2) is 0 Å². The minimum Gasteiger partial charge on any atom is -0.480 e. The summed E-state index contributed by atoms with van der Waals surface area (Å²) in [6.45, 7) is 0.542. The molecule has 1 heterocycles. The van der Waals surface area contributed by atoms with Crippen LogP contribution in [0.3, 0.4) is 0 Å². The highest BCUT2D eigenvalue weighted by atomic mass is 79.9. The molecule has 1 aromatic carbocycles. The highest BCUT2D eigenvalue weighted by Gasteiger charge is 2.31. The van der Waals surface area contributed by atoms with Gasteiger partial charge in [0.05, 0.1) is 6.42 Å². The highest BCUT2D eigenvalue weighted by Crippen LogP contribution is 2.21. The molecule has 0 aliphatic carbocycles. The van der Waals surface area contributed by atoms with Gasteiger partial charge < -0.3 is 10.0 Å². The summed E-state index contributed by atoms with van der Waals surface area (Å²) >= 11 is 3.41. The molecule has 1 aliphatic heterocycles. The normalized spacial score (nSPS) is 19.2. The van der Waals surface area contributed by atoms with Crippen molar-refractivity contribution in [2.24, 2.45) is 0 Å². The second-order valence-electron chi connectivity index (χ2n) is 4.71. The van der Waals surface area contributed by atoms with Gasteiger partial charge in [0.2, 0.25) is 5.91 Å². The average Bonchev–Trinajstić information content (AvgIpc) is 2.41. The topological polar surface area (TPSA) is 57.6 Å². The number of carboxylic acids is 1. The Morgan fingerprint density at radius 3 is 2.74 bits per heavy atom. The fourth-order valence-corrected chi connectivity index (χ4v) is 2.82. The van der Waals surface area contributed by atoms with Crippen LogP contribution < -0.4 is 0 Å². The molecule has 0 bridgehead atoms. The molecule has 0 spiro atoms. The van der Waals surface area contributed by atoms with Gasteiger partial charge in [-0.2, -0.15) is 0 Å². The SMILES string of the molecule is O=C(O)[C@H]1CCCCN1C(=O)Cc1ccccc1Br. The zero-order chi connectivity index (χ0) is 13.8. The molecule has 1 aromatic rings. The predicted molar refractivity (Wildman–Crippen MR) is 74.8 cm³/mol. The van der Waals surface area contributed by atoms with Crippen LogP contribution in [0.15, 0.2) is 28.7 Å². The summed E-state index contributed by atoms with van der Waals surface area (Å²) in [7, 11) is 0. The first-order chi connectivity index (χ1) is 9.09. The number of benzene rings is 1. The van der Waals surface area contributed by atoms with Crippen LogP contribution in [-0.4, -0.2) is 34.5 Å². The largest absolute Gasteiger partial charge is 0.480 e. The summed E-state index contributed by atoms with van der Waals surface area (Å²) < 4.78 is 0.882. The van der Waals surface area contributed by atoms with E-state index in [9.17, 15) is 14.7 Å². The number of aliphatic carboxylic acids is 1. The smallest absolute Gasteiger partial charge is 0.326 e. The van der Waals surface area contributed by atoms with Crippen LogP contribution in [-0.2, 0) is 16.0 Å². The molecule has 5 heteroatoms. The van der Waals surface area contributed by atoms with Crippen LogP contribution in [0.5, 0.6) is 0 Å². The Kier molecular flexibility index (Phi) is 4.58. The number of amides is 1. The van der Waals surface area contributed by atoms with Gasteiger partial charge in [0, 0.05) is 11.0 Å². The molecule has 0 saturated carbocycles. The first-order valence-electron chi connectivity index (χ1n) is 6.35. The molecule has 4 nitrogen and oxygen atoms in total. The van der Waals surface area contributed by atoms with E-state index in [0.29, 0.717) is 13.0 Å². The zero-order valence-electron chi connectivity index (χ0n) is 10.5. The van der Waals surface area contributed by atoms with E-state index in [4.69, 9.17) is 0 Å². The summed E-state index contributed by atoms with van der Waals surface area (Å²) in [5.74, 6) is -1.01. The second kappa shape index (κ2) is 6.19. The fraction of sp³-hybridized carbons (Fsp3) is 0.429. The molecule has 1 N–H and O–H groups in total. The van der Waals surface area contributed by atoms with Gasteiger partial charge in [0.25, 0.3) is 0 Å². The zero-order valence-corrected chi connectivity index (χ0v) is 12.1. The number of carbonyl (C=O) groups excluding carboxylic acids is 1. The molecule has 1 saturated heterocycles. The third-order valence-corrected chi connectivity index (χ3v) is 4.18. The van der Waals surface area contributed by atoms with Gasteiger partial charge in [-0.05, 0) is 30.9 Å². The van der Waals surface area contributed by atoms with Crippen molar-refractivity contribution in [2.75, 3.05) is 6.54 Å². The van der Waals surface area contributed by atoms with Crippen molar-refractivity contribution in [1.82, 2.24) is 4.90 Å². The van der Waals surface area contributed by atoms with E-state index in [1.165, 1.54) is 4.90 Å². The number of carbonyl (C=O) groups is 2. The molecule has 1 atom stereocenters. The molecule has 0 aromatic heterocycles. The Bertz CT molecular complexity index is 489. The summed E-state index contributed by atoms with van der Waals surface area (Å²) in [4.78, 5) is 25.0. The maximum absolute atomic E-state index is 12.3. The van der Waals surface area contributed by atoms with Gasteiger partial charge in [-0.15, -0.1) is 0 Å². The monoisotopic (exact) mass is 325 g/mol. The Morgan fingerprint density at radius 1 is 1.32 bits per heavy atom. The molecule has 2 rings (SSSR count). The molecular weight excluding hydrogens is 310 g/mol. The van der Waals surface area contributed by atoms with E-state index in [1.807, 2.05) is 24.3 Å². The van der Waals surface area contributed by atoms with Gasteiger partial charge in [-0.1, -0.05) is 34.1 Å². The lowest BCUT2D eigenvalue weighted by Gasteiger charge is -2.33. The molecule has 19 heavy (non-hydrogen) atoms. The Labute approximate surface area is 120 Å². The van der Waals surface area contributed by atoms with Gasteiger partial charge in [0.1, 0.15) is 6.04 Å². The third-order valence-electron chi connectivity index (χ3n) is 3.41. The van der Waals surface area contributed by atoms with Crippen LogP contribution >= 0.6 is 15.9 Å². The van der Waals surface area contributed by atoms with E-state index in [-0.39, 0.29) is 12.3 Å². The van der Waals surface area contributed by atoms with Crippen molar-refractivity contribution in [3.05, 3.63) is 34.3 Å². The second-order valence-corrected chi connectivity index (χ2v) is 5.56. The van der Waals surface area contributed by atoms with Crippen molar-refractivity contribution in [2.45, 2.75) is 31.7 Å². The highest BCUT2D eigenvalue weighted by molar-refractivity contribution is 9.10. The average molecular weight is 326 g/mol. The lowest BCUT2D eigenvalue weighted by molar-refractivity contribution is -0.151. The number of piperidine rings is 1. The predicted octanol–water partition coefficient (Wildman–Crippen LogP) is 2.46. The van der Waals surface area contributed by atoms with Crippen molar-refractivity contribution >= 4 is 27.8 Å². The lowest BCUT2D eigenvalue weighted by Crippen LogP contribution is -2.48. The molecule has 1 fully saturated rings. The number of hydrogen-bond acceptors (Lipinski definition) is 2. The fourth-order valence-electron chi connectivity index (χ4n) is 2.39. The number of nitrogens with zero attached hydrogens (tertiary/aromatic N) is 1. The Morgan fingerprint density at radius 2 is 2.05 bits per heavy atom. The van der Waals surface area contributed by atoms with Crippen LogP contribution in [0.1, 0.15) is 24.8 Å². The van der Waals surface area contributed by atoms with Crippen LogP contribution in [0.4, 0.5) is 0 Å². The number of rotatable bonds is 3. The van der Waals surface area contributed by atoms with Crippen LogP contribution in [0.25, 0.3) is 0 Å². The lowest BCUT2D eigenvalue weighted by atomic mass is 10.0. The molecule has 1 aliphatic rings. The Hall–Kier alpha value is -1.36. The van der Waals surface area contributed by atoms with Crippen molar-refractivity contribution in [3.8, 4) is 0 Å². The maximum Gasteiger partial charge on any atom is 0.326 e. The van der Waals surface area contributed by atoms with E-state index in [2.05, 4.69) is 15.9 Å². The summed E-state index contributed by atoms with van der Waals surface area (Å²) in [6, 6.07) is 6.86. The first-order valence-corrected chi connectivity index (χ1v) is 7.14. The Balaban J connectivity index is 2.10. The molecule has 0 unspecified atom stereocenters. The number of likely N-dealkylation sites (tertiary alicyclic amines) is 1. The van der Waals surface area contributed by atoms with E-state index < -0.39 is 12.0 Å². The molecule has 102 valence electrons. The van der Waals surface area contributed by atoms with Crippen molar-refractivity contribution < 1.29 is 14.7 Å². The molecular formula is C14H16BrNO3. The van der Waals surface area contributed by atoms with Crippen molar-refractivity contribution in [1.29, 1.82) is 0 Å². The number of hydrogen-bond donors (Lipinski definition) is 1. The van der Waals surface area contributed by atoms with Crippen LogP contribution in [0, 0.1) is 0 Å². The summed E-state index contributed by atoms with van der Waals surface area (Å²) in [5, 5.41) is 9.18. The number of carboxylic acid groups (broad SMARTS) is 1. The standard InChI is InChI=1S/C14H16BrNO3/c15-11-6-2-1-5-10(11)9-13(17)16-8-4-3-7-12(16)14(18)19/h1-2,5-6,12H,3-4,7-9H2,(H,18,19)/t12-/m1/s1. The summed E-state index contributed by atoms with van der Waals surface area (Å²) in [5.41, 5.74) is 0.891. The van der Waals surface area contributed by atoms with Gasteiger partial charge >= 0.3 is 5.97 Å². The maximum atomic E-state index is 12.3. The molecule has 0 radical (unpaired) electrons. The molecule has 1 amide bonds. The minimum atomic E-state index is -0.903. The van der Waals surface area contributed by atoms with E-state index in [1.54, 1.807) is 0 Å². The minimum absolute atomic E-state index is 0.112. The number of halogens is 1. The summed E-state index contributed by atoms with van der Waals surface area (Å²) in [6.07, 6.45) is 2.55. The van der Waals surface area contributed by atoms with Crippen LogP contribution in [0.2, 0.25) is 0 Å². The van der Waals surface area contributed by atoms with E-state index >= 15 is 0 Å². The first kappa shape index (κ1) is 14.1. The van der Waals surface area contributed by atoms with Gasteiger partial charge in [-0.3, -0.25) is 4.79 Å². The van der Waals surface area contributed by atoms with Gasteiger partial charge in [-0.25, -0.2) is 4.79 Å². The van der Waals surface area contributed by atoms with E-state index in [0.717, 1.165) is 22.9 Å². The van der Waals surface area contributed by atoms with Crippen molar-refractivity contribution in [3.63, 3.8) is 0 Å².